The molecular formula is C34H35O4S+. The van der Waals surface area contributed by atoms with Crippen LogP contribution in [-0.2, 0) is 25.2 Å². The maximum atomic E-state index is 13.3. The third-order valence-corrected chi connectivity index (χ3v) is 10.8. The first-order valence-corrected chi connectivity index (χ1v) is 15.1. The molecule has 4 aliphatic rings. The van der Waals surface area contributed by atoms with E-state index >= 15 is 0 Å². The molecule has 4 bridgehead atoms. The second-order valence-electron chi connectivity index (χ2n) is 11.9. The first-order valence-electron chi connectivity index (χ1n) is 13.9. The number of benzene rings is 3. The smallest absolute Gasteiger partial charge is 0.333 e. The average molecular weight is 540 g/mol. The Kier molecular flexibility index (Phi) is 6.88. The van der Waals surface area contributed by atoms with Crippen molar-refractivity contribution in [3.63, 3.8) is 0 Å². The van der Waals surface area contributed by atoms with E-state index in [0.29, 0.717) is 29.6 Å². The van der Waals surface area contributed by atoms with E-state index in [0.717, 1.165) is 32.1 Å². The van der Waals surface area contributed by atoms with Crippen molar-refractivity contribution in [2.24, 2.45) is 17.3 Å². The van der Waals surface area contributed by atoms with Gasteiger partial charge in [0.2, 0.25) is 0 Å². The van der Waals surface area contributed by atoms with Crippen molar-refractivity contribution >= 4 is 22.8 Å². The van der Waals surface area contributed by atoms with Crippen molar-refractivity contribution in [1.29, 1.82) is 0 Å². The Labute approximate surface area is 233 Å². The van der Waals surface area contributed by atoms with Crippen LogP contribution in [-0.4, -0.2) is 17.5 Å². The second-order valence-corrected chi connectivity index (χ2v) is 13.9. The van der Waals surface area contributed by atoms with Gasteiger partial charge in [0.05, 0.1) is 17.3 Å². The van der Waals surface area contributed by atoms with Gasteiger partial charge in [-0.3, -0.25) is 4.79 Å². The lowest BCUT2D eigenvalue weighted by Crippen LogP contribution is -2.58. The molecule has 0 N–H and O–H groups in total. The van der Waals surface area contributed by atoms with Gasteiger partial charge in [0.25, 0.3) is 0 Å². The summed E-state index contributed by atoms with van der Waals surface area (Å²) in [5.74, 6) is 1.08. The van der Waals surface area contributed by atoms with Crippen LogP contribution in [0.4, 0.5) is 0 Å². The van der Waals surface area contributed by atoms with E-state index in [-0.39, 0.29) is 28.2 Å². The first-order chi connectivity index (χ1) is 18.8. The van der Waals surface area contributed by atoms with E-state index in [1.54, 1.807) is 6.92 Å². The third kappa shape index (κ3) is 5.42. The van der Waals surface area contributed by atoms with E-state index in [1.165, 1.54) is 21.1 Å². The molecule has 0 amide bonds. The summed E-state index contributed by atoms with van der Waals surface area (Å²) in [5.41, 5.74) is -0.166. The summed E-state index contributed by atoms with van der Waals surface area (Å²) < 4.78 is 11.9. The normalized spacial score (nSPS) is 26.8. The summed E-state index contributed by atoms with van der Waals surface area (Å²) in [6.45, 7) is 5.47. The minimum absolute atomic E-state index is 0.149. The molecule has 4 nitrogen and oxygen atoms in total. The van der Waals surface area contributed by atoms with Gasteiger partial charge < -0.3 is 9.47 Å². The van der Waals surface area contributed by atoms with Gasteiger partial charge in [0.1, 0.15) is 11.4 Å². The van der Waals surface area contributed by atoms with Gasteiger partial charge in [-0.25, -0.2) is 4.79 Å². The van der Waals surface area contributed by atoms with Crippen molar-refractivity contribution in [2.45, 2.75) is 72.2 Å². The van der Waals surface area contributed by atoms with E-state index in [9.17, 15) is 9.59 Å². The maximum Gasteiger partial charge on any atom is 0.333 e. The molecule has 3 aromatic rings. The van der Waals surface area contributed by atoms with Crippen LogP contribution in [0.2, 0.25) is 0 Å². The zero-order valence-corrected chi connectivity index (χ0v) is 23.3. The Morgan fingerprint density at radius 3 is 1.90 bits per heavy atom. The third-order valence-electron chi connectivity index (χ3n) is 8.55. The fourth-order valence-electron chi connectivity index (χ4n) is 7.61. The topological polar surface area (TPSA) is 52.6 Å². The van der Waals surface area contributed by atoms with E-state index < -0.39 is 5.60 Å². The van der Waals surface area contributed by atoms with Crippen LogP contribution in [0.15, 0.2) is 112 Å². The summed E-state index contributed by atoms with van der Waals surface area (Å²) in [4.78, 5) is 29.4. The zero-order chi connectivity index (χ0) is 27.0. The molecule has 0 aromatic heterocycles. The van der Waals surface area contributed by atoms with Crippen LogP contribution < -0.4 is 4.74 Å². The molecule has 200 valence electrons. The highest BCUT2D eigenvalue weighted by Gasteiger charge is 2.60. The lowest BCUT2D eigenvalue weighted by molar-refractivity contribution is -0.200. The standard InChI is InChI=1S/C34H35O4S/c1-24(2)32(36)38-34-20-25-17-26(21-34)19-33(18-25,23-34)22-31(35)37-27-13-15-30(16-14-27)39(28-9-5-3-6-10-28)29-11-7-4-8-12-29/h3-16,25-26H,1,17-23H2,2H3/q+1. The van der Waals surface area contributed by atoms with Gasteiger partial charge in [-0.1, -0.05) is 43.0 Å². The largest absolute Gasteiger partial charge is 0.456 e. The summed E-state index contributed by atoms with van der Waals surface area (Å²) in [6.07, 6.45) is 6.14. The van der Waals surface area contributed by atoms with Crippen LogP contribution in [0.25, 0.3) is 0 Å². The first kappa shape index (κ1) is 25.9. The number of carbonyl (C=O) groups excluding carboxylic acids is 2. The number of rotatable bonds is 8. The summed E-state index contributed by atoms with van der Waals surface area (Å²) in [7, 11) is -0.246. The van der Waals surface area contributed by atoms with Crippen molar-refractivity contribution in [3.8, 4) is 5.75 Å². The van der Waals surface area contributed by atoms with Gasteiger partial charge in [-0.15, -0.1) is 0 Å². The molecule has 0 aliphatic heterocycles. The van der Waals surface area contributed by atoms with Crippen LogP contribution in [0.3, 0.4) is 0 Å². The molecule has 39 heavy (non-hydrogen) atoms. The van der Waals surface area contributed by atoms with Gasteiger partial charge >= 0.3 is 11.9 Å². The number of hydrogen-bond donors (Lipinski definition) is 0. The quantitative estimate of drug-likeness (QED) is 0.128. The molecule has 0 saturated heterocycles. The number of ether oxygens (including phenoxy) is 2. The predicted molar refractivity (Wildman–Crippen MR) is 152 cm³/mol. The van der Waals surface area contributed by atoms with Crippen molar-refractivity contribution in [3.05, 3.63) is 97.1 Å². The van der Waals surface area contributed by atoms with Crippen LogP contribution >= 0.6 is 0 Å². The Bertz CT molecular complexity index is 1310. The van der Waals surface area contributed by atoms with Crippen LogP contribution in [0.1, 0.15) is 51.9 Å². The van der Waals surface area contributed by atoms with E-state index in [1.807, 2.05) is 24.3 Å². The molecule has 2 atom stereocenters. The molecule has 4 fully saturated rings. The SMILES string of the molecule is C=C(C)C(=O)OC12CC3CC(CC(CC(=O)Oc4ccc([S+](c5ccccc5)c5ccccc5)cc4)(C3)C1)C2. The van der Waals surface area contributed by atoms with Crippen LogP contribution in [0.5, 0.6) is 5.75 Å². The second kappa shape index (κ2) is 10.3. The van der Waals surface area contributed by atoms with Crippen molar-refractivity contribution in [2.75, 3.05) is 0 Å². The molecule has 2 unspecified atom stereocenters. The van der Waals surface area contributed by atoms with Gasteiger partial charge in [0.15, 0.2) is 14.7 Å². The number of hydrogen-bond acceptors (Lipinski definition) is 4. The van der Waals surface area contributed by atoms with Crippen LogP contribution in [0, 0.1) is 17.3 Å². The van der Waals surface area contributed by atoms with Crippen molar-refractivity contribution < 1.29 is 19.1 Å². The highest BCUT2D eigenvalue weighted by atomic mass is 32.2. The fraction of sp³-hybridized carbons (Fsp3) is 0.353. The minimum atomic E-state index is -0.452. The summed E-state index contributed by atoms with van der Waals surface area (Å²) in [5, 5.41) is 0. The fourth-order valence-corrected chi connectivity index (χ4v) is 9.70. The van der Waals surface area contributed by atoms with Gasteiger partial charge in [-0.05, 0) is 111 Å². The predicted octanol–water partition coefficient (Wildman–Crippen LogP) is 7.54. The summed E-state index contributed by atoms with van der Waals surface area (Å²) in [6, 6.07) is 29.0. The Morgan fingerprint density at radius 2 is 1.36 bits per heavy atom. The minimum Gasteiger partial charge on any atom is -0.456 e. The molecule has 4 saturated carbocycles. The molecule has 0 heterocycles. The van der Waals surface area contributed by atoms with E-state index in [2.05, 4.69) is 67.2 Å². The maximum absolute atomic E-state index is 13.3. The van der Waals surface area contributed by atoms with Gasteiger partial charge in [0, 0.05) is 5.57 Å². The summed E-state index contributed by atoms with van der Waals surface area (Å²) >= 11 is 0. The molecule has 7 rings (SSSR count). The van der Waals surface area contributed by atoms with E-state index in [4.69, 9.17) is 9.47 Å². The lowest BCUT2D eigenvalue weighted by Gasteiger charge is -2.61. The molecule has 0 spiro atoms. The molecular weight excluding hydrogens is 504 g/mol. The highest BCUT2D eigenvalue weighted by molar-refractivity contribution is 7.97. The molecule has 4 aliphatic carbocycles. The molecule has 0 radical (unpaired) electrons. The Morgan fingerprint density at radius 1 is 0.821 bits per heavy atom. The van der Waals surface area contributed by atoms with Gasteiger partial charge in [-0.2, -0.15) is 0 Å². The zero-order valence-electron chi connectivity index (χ0n) is 22.4. The monoisotopic (exact) mass is 539 g/mol. The molecule has 5 heteroatoms. The number of carbonyl (C=O) groups is 2. The Hall–Kier alpha value is -3.31. The Balaban J connectivity index is 1.17. The molecule has 3 aromatic carbocycles. The number of esters is 2. The average Bonchev–Trinajstić information content (AvgIpc) is 2.89. The lowest BCUT2D eigenvalue weighted by atomic mass is 9.47. The highest BCUT2D eigenvalue weighted by Crippen LogP contribution is 2.64. The van der Waals surface area contributed by atoms with Crippen molar-refractivity contribution in [1.82, 2.24) is 0 Å².